The monoisotopic (exact) mass is 247 g/mol. The third-order valence-corrected chi connectivity index (χ3v) is 4.46. The Kier molecular flexibility index (Phi) is 3.76. The first-order valence-corrected chi connectivity index (χ1v) is 7.15. The lowest BCUT2D eigenvalue weighted by atomic mass is 9.94. The molecule has 1 aliphatic rings. The van der Waals surface area contributed by atoms with Crippen molar-refractivity contribution in [1.29, 1.82) is 0 Å². The first-order valence-electron chi connectivity index (χ1n) is 5.66. The number of rotatable bonds is 3. The Balaban J connectivity index is 3.00. The van der Waals surface area contributed by atoms with Crippen LogP contribution in [-0.4, -0.2) is 17.3 Å². The fourth-order valence-corrected chi connectivity index (χ4v) is 3.39. The van der Waals surface area contributed by atoms with E-state index in [4.69, 9.17) is 9.05 Å². The van der Waals surface area contributed by atoms with E-state index in [9.17, 15) is 4.57 Å². The van der Waals surface area contributed by atoms with Gasteiger partial charge in [-0.15, -0.1) is 0 Å². The Morgan fingerprint density at radius 2 is 2.06 bits per heavy atom. The van der Waals surface area contributed by atoms with Crippen LogP contribution < -0.4 is 0 Å². The second-order valence-electron chi connectivity index (χ2n) is 5.19. The maximum Gasteiger partial charge on any atom is 0.488 e. The predicted octanol–water partition coefficient (Wildman–Crippen LogP) is 3.76. The number of hydrogen-bond donors (Lipinski definition) is 0. The topological polar surface area (TPSA) is 38.8 Å². The molecule has 0 aromatic carbocycles. The molecular formula is C11H22NO3P. The van der Waals surface area contributed by atoms with Crippen molar-refractivity contribution in [3.63, 3.8) is 0 Å². The zero-order valence-electron chi connectivity index (χ0n) is 11.0. The summed E-state index contributed by atoms with van der Waals surface area (Å²) in [6, 6.07) is 0.0947. The minimum Gasteiger partial charge on any atom is -0.411 e. The van der Waals surface area contributed by atoms with Gasteiger partial charge in [-0.05, 0) is 20.8 Å². The highest BCUT2D eigenvalue weighted by Gasteiger charge is 2.44. The third-order valence-electron chi connectivity index (χ3n) is 2.31. The van der Waals surface area contributed by atoms with Crippen molar-refractivity contribution in [3.8, 4) is 0 Å². The van der Waals surface area contributed by atoms with Gasteiger partial charge in [-0.25, -0.2) is 4.57 Å². The smallest absolute Gasteiger partial charge is 0.411 e. The van der Waals surface area contributed by atoms with Crippen molar-refractivity contribution in [2.75, 3.05) is 6.61 Å². The molecule has 0 aliphatic carbocycles. The highest BCUT2D eigenvalue weighted by molar-refractivity contribution is 7.51. The summed E-state index contributed by atoms with van der Waals surface area (Å²) in [7, 11) is -3.15. The molecule has 1 rings (SSSR count). The van der Waals surface area contributed by atoms with Crippen LogP contribution in [0.25, 0.3) is 0 Å². The molecule has 1 atom stereocenters. The first kappa shape index (κ1) is 13.6. The SMILES string of the molecule is CCOP1(=O)OC(C(C)(C)C)=CN1C(C)C. The van der Waals surface area contributed by atoms with Crippen LogP contribution in [0.4, 0.5) is 0 Å². The Labute approximate surface area is 98.2 Å². The second kappa shape index (κ2) is 4.42. The van der Waals surface area contributed by atoms with Crippen LogP contribution in [0.15, 0.2) is 12.0 Å². The van der Waals surface area contributed by atoms with Crippen LogP contribution in [0.3, 0.4) is 0 Å². The number of allylic oxidation sites excluding steroid dienone is 1. The van der Waals surface area contributed by atoms with Crippen molar-refractivity contribution >= 4 is 7.75 Å². The molecule has 0 saturated carbocycles. The highest BCUT2D eigenvalue weighted by atomic mass is 31.2. The molecule has 0 bridgehead atoms. The summed E-state index contributed by atoms with van der Waals surface area (Å²) in [5, 5.41) is 0. The van der Waals surface area contributed by atoms with E-state index in [0.717, 1.165) is 5.76 Å². The maximum atomic E-state index is 12.5. The highest BCUT2D eigenvalue weighted by Crippen LogP contribution is 2.61. The standard InChI is InChI=1S/C11H22NO3P/c1-7-14-16(13)12(9(2)3)8-10(15-16)11(4,5)6/h8-9H,7H2,1-6H3. The van der Waals surface area contributed by atoms with Gasteiger partial charge >= 0.3 is 7.75 Å². The average molecular weight is 247 g/mol. The van der Waals surface area contributed by atoms with Crippen LogP contribution in [0.5, 0.6) is 0 Å². The van der Waals surface area contributed by atoms with Crippen molar-refractivity contribution < 1.29 is 13.6 Å². The van der Waals surface area contributed by atoms with Crippen molar-refractivity contribution in [3.05, 3.63) is 12.0 Å². The molecule has 0 radical (unpaired) electrons. The van der Waals surface area contributed by atoms with Gasteiger partial charge in [0.05, 0.1) is 12.8 Å². The van der Waals surface area contributed by atoms with Crippen LogP contribution in [0.2, 0.25) is 0 Å². The summed E-state index contributed by atoms with van der Waals surface area (Å²) in [4.78, 5) is 0. The van der Waals surface area contributed by atoms with Gasteiger partial charge in [-0.3, -0.25) is 9.19 Å². The van der Waals surface area contributed by atoms with E-state index >= 15 is 0 Å². The summed E-state index contributed by atoms with van der Waals surface area (Å²) >= 11 is 0. The zero-order valence-corrected chi connectivity index (χ0v) is 11.9. The van der Waals surface area contributed by atoms with Gasteiger partial charge in [0.25, 0.3) is 0 Å². The van der Waals surface area contributed by atoms with Crippen molar-refractivity contribution in [2.45, 2.75) is 47.6 Å². The Morgan fingerprint density at radius 3 is 2.44 bits per heavy atom. The van der Waals surface area contributed by atoms with E-state index < -0.39 is 7.75 Å². The van der Waals surface area contributed by atoms with E-state index in [2.05, 4.69) is 0 Å². The van der Waals surface area contributed by atoms with E-state index in [1.165, 1.54) is 0 Å². The van der Waals surface area contributed by atoms with Gasteiger partial charge in [0.2, 0.25) is 0 Å². The van der Waals surface area contributed by atoms with Crippen molar-refractivity contribution in [2.24, 2.45) is 5.41 Å². The molecule has 0 spiro atoms. The van der Waals surface area contributed by atoms with Gasteiger partial charge in [0.1, 0.15) is 5.76 Å². The lowest BCUT2D eigenvalue weighted by Gasteiger charge is -2.26. The average Bonchev–Trinajstić information content (AvgIpc) is 2.43. The Bertz CT molecular complexity index is 331. The molecule has 1 aliphatic heterocycles. The minimum atomic E-state index is -3.15. The van der Waals surface area contributed by atoms with Gasteiger partial charge in [-0.1, -0.05) is 20.8 Å². The summed E-state index contributed by atoms with van der Waals surface area (Å²) < 4.78 is 25.0. The van der Waals surface area contributed by atoms with Gasteiger partial charge in [-0.2, -0.15) is 0 Å². The molecule has 0 aromatic heterocycles. The minimum absolute atomic E-state index is 0.0947. The van der Waals surface area contributed by atoms with E-state index in [-0.39, 0.29) is 11.5 Å². The summed E-state index contributed by atoms with van der Waals surface area (Å²) in [6.45, 7) is 12.2. The fraction of sp³-hybridized carbons (Fsp3) is 0.818. The van der Waals surface area contributed by atoms with Crippen LogP contribution in [0.1, 0.15) is 41.5 Å². The fourth-order valence-electron chi connectivity index (χ4n) is 1.40. The van der Waals surface area contributed by atoms with E-state index in [1.807, 2.05) is 47.7 Å². The molecule has 16 heavy (non-hydrogen) atoms. The van der Waals surface area contributed by atoms with Gasteiger partial charge in [0.15, 0.2) is 0 Å². The summed E-state index contributed by atoms with van der Waals surface area (Å²) in [5.41, 5.74) is -0.156. The molecule has 0 aromatic rings. The molecule has 1 unspecified atom stereocenters. The third kappa shape index (κ3) is 2.61. The van der Waals surface area contributed by atoms with Crippen molar-refractivity contribution in [1.82, 2.24) is 4.67 Å². The lowest BCUT2D eigenvalue weighted by molar-refractivity contribution is 0.201. The summed E-state index contributed by atoms with van der Waals surface area (Å²) in [5.74, 6) is 0.720. The molecule has 0 amide bonds. The molecule has 4 nitrogen and oxygen atoms in total. The van der Waals surface area contributed by atoms with Crippen LogP contribution >= 0.6 is 7.75 Å². The predicted molar refractivity (Wildman–Crippen MR) is 64.8 cm³/mol. The molecule has 0 N–H and O–H groups in total. The van der Waals surface area contributed by atoms with E-state index in [0.29, 0.717) is 6.61 Å². The van der Waals surface area contributed by atoms with Crippen LogP contribution in [0, 0.1) is 5.41 Å². The quantitative estimate of drug-likeness (QED) is 0.712. The molecule has 5 heteroatoms. The summed E-state index contributed by atoms with van der Waals surface area (Å²) in [6.07, 6.45) is 1.82. The normalized spacial score (nSPS) is 25.9. The molecular weight excluding hydrogens is 225 g/mol. The largest absolute Gasteiger partial charge is 0.488 e. The van der Waals surface area contributed by atoms with Gasteiger partial charge < -0.3 is 4.52 Å². The van der Waals surface area contributed by atoms with Crippen LogP contribution in [-0.2, 0) is 13.6 Å². The number of nitrogens with zero attached hydrogens (tertiary/aromatic N) is 1. The maximum absolute atomic E-state index is 12.5. The molecule has 1 heterocycles. The zero-order chi connectivity index (χ0) is 12.6. The Hall–Kier alpha value is -0.470. The first-order chi connectivity index (χ1) is 7.20. The molecule has 0 saturated heterocycles. The molecule has 94 valence electrons. The van der Waals surface area contributed by atoms with E-state index in [1.54, 1.807) is 4.67 Å². The second-order valence-corrected chi connectivity index (χ2v) is 7.03. The Morgan fingerprint density at radius 1 is 1.50 bits per heavy atom. The number of hydrogen-bond acceptors (Lipinski definition) is 3. The lowest BCUT2D eigenvalue weighted by Crippen LogP contribution is -2.20. The molecule has 0 fully saturated rings. The van der Waals surface area contributed by atoms with Gasteiger partial charge in [0, 0.05) is 11.5 Å².